The molecule has 0 fully saturated rings. The minimum absolute atomic E-state index is 0.128. The molecule has 2 heteroatoms. The maximum atomic E-state index is 4.88. The van der Waals surface area contributed by atoms with Crippen molar-refractivity contribution in [3.63, 3.8) is 0 Å². The van der Waals surface area contributed by atoms with Crippen molar-refractivity contribution >= 4 is 10.7 Å². The first-order valence-electron chi connectivity index (χ1n) is 6.44. The summed E-state index contributed by atoms with van der Waals surface area (Å²) in [5.74, 6) is 0. The predicted molar refractivity (Wildman–Crippen MR) is 79.0 cm³/mol. The lowest BCUT2D eigenvalue weighted by atomic mass is 10.3. The number of unbranched alkanes of at least 4 members (excludes halogenated alkanes) is 1. The van der Waals surface area contributed by atoms with Gasteiger partial charge in [-0.1, -0.05) is 49.7 Å². The number of hydrogen-bond donors (Lipinski definition) is 0. The Kier molecular flexibility index (Phi) is 5.15. The molecule has 0 amide bonds. The molecule has 2 aromatic rings. The van der Waals surface area contributed by atoms with Crippen LogP contribution in [0.25, 0.3) is 0 Å². The summed E-state index contributed by atoms with van der Waals surface area (Å²) in [4.78, 5) is 2.61. The van der Waals surface area contributed by atoms with Crippen LogP contribution in [0.1, 0.15) is 19.8 Å². The van der Waals surface area contributed by atoms with Gasteiger partial charge in [0.15, 0.2) is 0 Å². The molecule has 0 aliphatic rings. The first kappa shape index (κ1) is 13.0. The maximum Gasteiger partial charge on any atom is 0.0466 e. The van der Waals surface area contributed by atoms with Crippen molar-refractivity contribution in [3.8, 4) is 0 Å². The number of hydrogen-bond acceptors (Lipinski definition) is 1. The van der Waals surface area contributed by atoms with E-state index in [1.807, 2.05) is 0 Å². The standard InChI is InChI=1S/C16H19NS/c1-2-3-14-17-18(15-10-6-4-7-11-15)16-12-8-5-9-13-16/h4-13H,2-3,14H2,1H3. The second kappa shape index (κ2) is 7.12. The van der Waals surface area contributed by atoms with Crippen molar-refractivity contribution in [1.29, 1.82) is 0 Å². The minimum atomic E-state index is -0.128. The van der Waals surface area contributed by atoms with Crippen LogP contribution in [0, 0.1) is 0 Å². The van der Waals surface area contributed by atoms with Crippen molar-refractivity contribution in [3.05, 3.63) is 60.7 Å². The van der Waals surface area contributed by atoms with Crippen LogP contribution in [-0.4, -0.2) is 6.54 Å². The summed E-state index contributed by atoms with van der Waals surface area (Å²) in [6.45, 7) is 3.15. The molecule has 0 atom stereocenters. The van der Waals surface area contributed by atoms with Gasteiger partial charge in [-0.15, -0.1) is 0 Å². The first-order valence-corrected chi connectivity index (χ1v) is 7.62. The van der Waals surface area contributed by atoms with E-state index in [0.717, 1.165) is 6.54 Å². The normalized spacial score (nSPS) is 10.6. The van der Waals surface area contributed by atoms with E-state index >= 15 is 0 Å². The molecule has 0 saturated carbocycles. The largest absolute Gasteiger partial charge is 0.255 e. The Bertz CT molecular complexity index is 450. The van der Waals surface area contributed by atoms with Crippen molar-refractivity contribution in [2.75, 3.05) is 6.54 Å². The van der Waals surface area contributed by atoms with E-state index in [2.05, 4.69) is 67.6 Å². The summed E-state index contributed by atoms with van der Waals surface area (Å²) < 4.78 is 4.88. The Morgan fingerprint density at radius 3 is 1.78 bits per heavy atom. The Morgan fingerprint density at radius 2 is 1.33 bits per heavy atom. The lowest BCUT2D eigenvalue weighted by molar-refractivity contribution is 0.813. The zero-order valence-corrected chi connectivity index (χ0v) is 11.6. The molecule has 0 N–H and O–H groups in total. The van der Waals surface area contributed by atoms with Gasteiger partial charge in [-0.2, -0.15) is 0 Å². The molecule has 0 aromatic heterocycles. The minimum Gasteiger partial charge on any atom is -0.255 e. The molecule has 0 unspecified atom stereocenters. The van der Waals surface area contributed by atoms with Gasteiger partial charge in [0.2, 0.25) is 0 Å². The Balaban J connectivity index is 2.33. The van der Waals surface area contributed by atoms with Gasteiger partial charge in [-0.05, 0) is 41.4 Å². The third kappa shape index (κ3) is 3.54. The highest BCUT2D eigenvalue weighted by Crippen LogP contribution is 2.18. The molecule has 0 bridgehead atoms. The van der Waals surface area contributed by atoms with E-state index in [4.69, 9.17) is 4.36 Å². The molecule has 0 radical (unpaired) electrons. The molecular formula is C16H19NS. The second-order valence-electron chi connectivity index (χ2n) is 4.12. The molecule has 2 aromatic carbocycles. The van der Waals surface area contributed by atoms with Crippen molar-refractivity contribution in [2.45, 2.75) is 29.6 Å². The number of nitrogens with zero attached hydrogens (tertiary/aromatic N) is 1. The van der Waals surface area contributed by atoms with E-state index in [9.17, 15) is 0 Å². The highest BCUT2D eigenvalue weighted by atomic mass is 32.2. The fourth-order valence-electron chi connectivity index (χ4n) is 1.70. The molecule has 2 rings (SSSR count). The van der Waals surface area contributed by atoms with E-state index < -0.39 is 0 Å². The Hall–Kier alpha value is -1.41. The fourth-order valence-corrected chi connectivity index (χ4v) is 3.41. The topological polar surface area (TPSA) is 12.4 Å². The van der Waals surface area contributed by atoms with Crippen LogP contribution in [0.2, 0.25) is 0 Å². The van der Waals surface area contributed by atoms with E-state index in [-0.39, 0.29) is 10.7 Å². The van der Waals surface area contributed by atoms with Crippen LogP contribution in [0.4, 0.5) is 0 Å². The van der Waals surface area contributed by atoms with Crippen molar-refractivity contribution in [2.24, 2.45) is 4.36 Å². The lowest BCUT2D eigenvalue weighted by Crippen LogP contribution is -1.94. The van der Waals surface area contributed by atoms with Gasteiger partial charge in [0.1, 0.15) is 0 Å². The highest BCUT2D eigenvalue weighted by molar-refractivity contribution is 7.87. The lowest BCUT2D eigenvalue weighted by Gasteiger charge is -2.08. The van der Waals surface area contributed by atoms with Crippen LogP contribution in [0.3, 0.4) is 0 Å². The molecular weight excluding hydrogens is 238 g/mol. The molecule has 0 saturated heterocycles. The van der Waals surface area contributed by atoms with Gasteiger partial charge in [0.05, 0.1) is 0 Å². The Labute approximate surface area is 112 Å². The van der Waals surface area contributed by atoms with Crippen LogP contribution in [-0.2, 0) is 10.7 Å². The van der Waals surface area contributed by atoms with Crippen LogP contribution < -0.4 is 0 Å². The van der Waals surface area contributed by atoms with Crippen LogP contribution in [0.15, 0.2) is 74.8 Å². The summed E-state index contributed by atoms with van der Waals surface area (Å²) in [6.07, 6.45) is 2.37. The van der Waals surface area contributed by atoms with Gasteiger partial charge in [-0.3, -0.25) is 4.36 Å². The molecule has 18 heavy (non-hydrogen) atoms. The van der Waals surface area contributed by atoms with E-state index in [1.54, 1.807) is 0 Å². The summed E-state index contributed by atoms with van der Waals surface area (Å²) in [5, 5.41) is 0. The monoisotopic (exact) mass is 257 g/mol. The molecule has 0 spiro atoms. The summed E-state index contributed by atoms with van der Waals surface area (Å²) in [7, 11) is -0.128. The second-order valence-corrected chi connectivity index (χ2v) is 5.89. The zero-order chi connectivity index (χ0) is 12.6. The average Bonchev–Trinajstić information content (AvgIpc) is 2.46. The SMILES string of the molecule is CCCCN=S(c1ccccc1)c1ccccc1. The number of benzene rings is 2. The quantitative estimate of drug-likeness (QED) is 0.688. The van der Waals surface area contributed by atoms with Gasteiger partial charge in [0, 0.05) is 16.3 Å². The van der Waals surface area contributed by atoms with Gasteiger partial charge < -0.3 is 0 Å². The molecule has 0 aliphatic heterocycles. The third-order valence-corrected chi connectivity index (χ3v) is 4.54. The molecule has 0 aliphatic carbocycles. The van der Waals surface area contributed by atoms with Crippen molar-refractivity contribution < 1.29 is 0 Å². The molecule has 1 nitrogen and oxygen atoms in total. The molecule has 0 heterocycles. The molecule has 94 valence electrons. The Morgan fingerprint density at radius 1 is 0.833 bits per heavy atom. The summed E-state index contributed by atoms with van der Waals surface area (Å²) in [5.41, 5.74) is 0. The van der Waals surface area contributed by atoms with Gasteiger partial charge >= 0.3 is 0 Å². The zero-order valence-electron chi connectivity index (χ0n) is 10.8. The summed E-state index contributed by atoms with van der Waals surface area (Å²) >= 11 is 0. The smallest absolute Gasteiger partial charge is 0.0466 e. The summed E-state index contributed by atoms with van der Waals surface area (Å²) in [6, 6.07) is 21.2. The van der Waals surface area contributed by atoms with Gasteiger partial charge in [0.25, 0.3) is 0 Å². The third-order valence-electron chi connectivity index (χ3n) is 2.66. The maximum absolute atomic E-state index is 4.88. The van der Waals surface area contributed by atoms with Crippen molar-refractivity contribution in [1.82, 2.24) is 0 Å². The van der Waals surface area contributed by atoms with Gasteiger partial charge in [-0.25, -0.2) is 0 Å². The van der Waals surface area contributed by atoms with E-state index in [1.165, 1.54) is 22.6 Å². The number of rotatable bonds is 5. The predicted octanol–water partition coefficient (Wildman–Crippen LogP) is 4.71. The average molecular weight is 257 g/mol. The highest BCUT2D eigenvalue weighted by Gasteiger charge is 2.03. The first-order chi connectivity index (χ1) is 8.92. The van der Waals surface area contributed by atoms with Crippen LogP contribution >= 0.6 is 0 Å². The van der Waals surface area contributed by atoms with Crippen LogP contribution in [0.5, 0.6) is 0 Å². The fraction of sp³-hybridized carbons (Fsp3) is 0.250. The van der Waals surface area contributed by atoms with E-state index in [0.29, 0.717) is 0 Å².